The van der Waals surface area contributed by atoms with E-state index in [1.165, 1.54) is 20.8 Å². The first-order chi connectivity index (χ1) is 21.7. The highest BCUT2D eigenvalue weighted by Crippen LogP contribution is 2.40. The average Bonchev–Trinajstić information content (AvgIpc) is 3.02. The zero-order chi connectivity index (χ0) is 36.2. The fraction of sp³-hybridized carbons (Fsp3) is 0.622. The first kappa shape index (κ1) is 40.2. The molecule has 6 N–H and O–H groups in total. The van der Waals surface area contributed by atoms with Gasteiger partial charge in [-0.05, 0) is 44.8 Å². The summed E-state index contributed by atoms with van der Waals surface area (Å²) in [5.74, 6) is -7.11. The van der Waals surface area contributed by atoms with E-state index < -0.39 is 89.1 Å². The van der Waals surface area contributed by atoms with Crippen LogP contribution in [0.3, 0.4) is 0 Å². The molecule has 0 aromatic rings. The van der Waals surface area contributed by atoms with Crippen molar-refractivity contribution < 1.29 is 49.8 Å². The number of carbonyl (C=O) groups is 4. The van der Waals surface area contributed by atoms with Crippen molar-refractivity contribution >= 4 is 23.1 Å². The Morgan fingerprint density at radius 1 is 0.872 bits per heavy atom. The molecule has 0 aromatic heterocycles. The van der Waals surface area contributed by atoms with Crippen molar-refractivity contribution in [3.05, 3.63) is 57.9 Å². The molecule has 0 bridgehead atoms. The summed E-state index contributed by atoms with van der Waals surface area (Å²) in [4.78, 5) is 50.4. The van der Waals surface area contributed by atoms with Crippen LogP contribution in [-0.2, 0) is 19.2 Å². The molecule has 10 nitrogen and oxygen atoms in total. The molecule has 2 rings (SSSR count). The Labute approximate surface area is 278 Å². The van der Waals surface area contributed by atoms with Crippen molar-refractivity contribution in [3.63, 3.8) is 0 Å². The molecule has 2 aliphatic carbocycles. The molecule has 2 aliphatic rings. The smallest absolute Gasteiger partial charge is 0.188 e. The molecule has 0 fully saturated rings. The Hall–Kier alpha value is -3.02. The number of Topliss-reactive ketones (excluding diaryl/α,β-unsaturated/α-hetero) is 3. The van der Waals surface area contributed by atoms with E-state index in [0.717, 1.165) is 6.08 Å². The second-order valence-electron chi connectivity index (χ2n) is 14.0. The summed E-state index contributed by atoms with van der Waals surface area (Å²) in [5.41, 5.74) is -0.0705. The van der Waals surface area contributed by atoms with Crippen molar-refractivity contribution in [2.45, 2.75) is 106 Å². The molecule has 0 radical (unpaired) electrons. The summed E-state index contributed by atoms with van der Waals surface area (Å²) in [6.07, 6.45) is 0.500. The van der Waals surface area contributed by atoms with E-state index in [1.54, 1.807) is 66.7 Å². The van der Waals surface area contributed by atoms with Crippen molar-refractivity contribution in [1.29, 1.82) is 0 Å². The number of ketones is 4. The molecule has 0 amide bonds. The van der Waals surface area contributed by atoms with Crippen LogP contribution in [0, 0.1) is 41.4 Å². The Morgan fingerprint density at radius 2 is 1.38 bits per heavy atom. The minimum absolute atomic E-state index is 0.0596. The fourth-order valence-corrected chi connectivity index (χ4v) is 6.55. The molecule has 0 aromatic carbocycles. The number of aliphatic hydroxyl groups excluding tert-OH is 6. The van der Waals surface area contributed by atoms with Gasteiger partial charge in [-0.2, -0.15) is 0 Å². The van der Waals surface area contributed by atoms with Crippen molar-refractivity contribution in [3.8, 4) is 0 Å². The van der Waals surface area contributed by atoms with Gasteiger partial charge >= 0.3 is 0 Å². The van der Waals surface area contributed by atoms with E-state index in [1.807, 2.05) is 0 Å². The van der Waals surface area contributed by atoms with E-state index in [2.05, 4.69) is 0 Å². The highest BCUT2D eigenvalue weighted by atomic mass is 16.3. The summed E-state index contributed by atoms with van der Waals surface area (Å²) in [6, 6.07) is 0. The summed E-state index contributed by atoms with van der Waals surface area (Å²) in [6.45, 7) is 16.1. The van der Waals surface area contributed by atoms with Crippen LogP contribution in [0.5, 0.6) is 0 Å². The number of rotatable bonds is 14. The van der Waals surface area contributed by atoms with Gasteiger partial charge in [0.25, 0.3) is 0 Å². The second-order valence-corrected chi connectivity index (χ2v) is 14.0. The number of carbonyl (C=O) groups excluding carboxylic acids is 4. The average molecular weight is 659 g/mol. The quantitative estimate of drug-likeness (QED) is 0.0697. The number of allylic oxidation sites excluding steroid dienone is 8. The SMILES string of the molecule is CC(=O)/C(C)=C\C=C\[C@H](C)[C@H](O)C(C)[C@@H](O)[C@@H](C)[C@H](O)[C@H](C)[C@@H](O)C(C)CC(C)C(O)=C1C(=O)C(C)C(O)C2=C1C(=O)C=C(C)C2=O. The van der Waals surface area contributed by atoms with Gasteiger partial charge in [0.2, 0.25) is 0 Å². The van der Waals surface area contributed by atoms with Crippen LogP contribution in [-0.4, -0.2) is 84.3 Å². The number of aliphatic hydroxyl groups is 6. The minimum Gasteiger partial charge on any atom is -0.511 e. The topological polar surface area (TPSA) is 190 Å². The first-order valence-electron chi connectivity index (χ1n) is 16.4. The molecule has 0 saturated carbocycles. The Morgan fingerprint density at radius 3 is 1.91 bits per heavy atom. The maximum absolute atomic E-state index is 13.2. The third kappa shape index (κ3) is 8.72. The highest BCUT2D eigenvalue weighted by Gasteiger charge is 2.46. The molecular formula is C37H54O10. The largest absolute Gasteiger partial charge is 0.511 e. The predicted molar refractivity (Wildman–Crippen MR) is 178 cm³/mol. The lowest BCUT2D eigenvalue weighted by molar-refractivity contribution is -0.124. The van der Waals surface area contributed by atoms with E-state index in [4.69, 9.17) is 0 Å². The van der Waals surface area contributed by atoms with Crippen LogP contribution in [0.1, 0.15) is 75.7 Å². The molecule has 10 heteroatoms. The lowest BCUT2D eigenvalue weighted by Gasteiger charge is -2.37. The Bertz CT molecular complexity index is 1380. The van der Waals surface area contributed by atoms with Crippen LogP contribution in [0.25, 0.3) is 0 Å². The number of hydrogen-bond acceptors (Lipinski definition) is 10. The van der Waals surface area contributed by atoms with Crippen molar-refractivity contribution in [2.24, 2.45) is 41.4 Å². The van der Waals surface area contributed by atoms with Gasteiger partial charge in [0, 0.05) is 46.3 Å². The molecule has 12 atom stereocenters. The standard InChI is InChI=1S/C37H54O10/c1-16(25(10)38)12-11-13-17(2)30(40)21(6)34(44)23(8)35(45)22(7)31(41)18(3)14-19(4)32(42)28-27-26(39)15-20(5)33(43)29(27)37(47)24(9)36(28)46/h11-13,15,17-19,21-24,30-31,34-35,37,40-42,44-45,47H,14H2,1-10H3/b13-11+,16-12-,32-28?/t17-,18?,19?,21?,22+,23+,24?,30-,31-,34+,35+,37?/m0/s1. The van der Waals surface area contributed by atoms with Crippen molar-refractivity contribution in [2.75, 3.05) is 0 Å². The molecule has 0 spiro atoms. The van der Waals surface area contributed by atoms with E-state index >= 15 is 0 Å². The molecular weight excluding hydrogens is 604 g/mol. The van der Waals surface area contributed by atoms with E-state index in [9.17, 15) is 49.8 Å². The van der Waals surface area contributed by atoms with Gasteiger partial charge in [-0.1, -0.05) is 66.7 Å². The molecule has 0 aliphatic heterocycles. The molecule has 5 unspecified atom stereocenters. The molecule has 262 valence electrons. The van der Waals surface area contributed by atoms with Crippen molar-refractivity contribution in [1.82, 2.24) is 0 Å². The number of hydrogen-bond donors (Lipinski definition) is 6. The van der Waals surface area contributed by atoms with Gasteiger partial charge in [0.1, 0.15) is 5.76 Å². The molecule has 47 heavy (non-hydrogen) atoms. The summed E-state index contributed by atoms with van der Waals surface area (Å²) in [7, 11) is 0. The highest BCUT2D eigenvalue weighted by molar-refractivity contribution is 6.29. The van der Waals surface area contributed by atoms with Gasteiger partial charge < -0.3 is 30.6 Å². The zero-order valence-corrected chi connectivity index (χ0v) is 29.3. The van der Waals surface area contributed by atoms with Crippen LogP contribution >= 0.6 is 0 Å². The molecule has 0 saturated heterocycles. The maximum atomic E-state index is 13.2. The summed E-state index contributed by atoms with van der Waals surface area (Å²) >= 11 is 0. The normalized spacial score (nSPS) is 26.9. The van der Waals surface area contributed by atoms with Gasteiger partial charge in [-0.25, -0.2) is 0 Å². The van der Waals surface area contributed by atoms with Crippen LogP contribution in [0.15, 0.2) is 57.9 Å². The monoisotopic (exact) mass is 658 g/mol. The molecule has 0 heterocycles. The van der Waals surface area contributed by atoms with Crippen LogP contribution < -0.4 is 0 Å². The fourth-order valence-electron chi connectivity index (χ4n) is 6.55. The third-order valence-electron chi connectivity index (χ3n) is 10.3. The Balaban J connectivity index is 2.19. The Kier molecular flexibility index (Phi) is 14.0. The first-order valence-corrected chi connectivity index (χ1v) is 16.4. The summed E-state index contributed by atoms with van der Waals surface area (Å²) in [5, 5.41) is 66.3. The maximum Gasteiger partial charge on any atom is 0.188 e. The third-order valence-corrected chi connectivity index (χ3v) is 10.3. The van der Waals surface area contributed by atoms with Gasteiger partial charge in [-0.3, -0.25) is 19.2 Å². The lowest BCUT2D eigenvalue weighted by atomic mass is 9.70. The zero-order valence-electron chi connectivity index (χ0n) is 29.3. The minimum atomic E-state index is -1.48. The van der Waals surface area contributed by atoms with E-state index in [0.29, 0.717) is 5.57 Å². The van der Waals surface area contributed by atoms with Gasteiger partial charge in [0.15, 0.2) is 23.1 Å². The van der Waals surface area contributed by atoms with Crippen LogP contribution in [0.4, 0.5) is 0 Å². The lowest BCUT2D eigenvalue weighted by Crippen LogP contribution is -2.46. The van der Waals surface area contributed by atoms with Gasteiger partial charge in [0.05, 0.1) is 42.0 Å². The van der Waals surface area contributed by atoms with Gasteiger partial charge in [-0.15, -0.1) is 0 Å². The predicted octanol–water partition coefficient (Wildman–Crippen LogP) is 3.51. The van der Waals surface area contributed by atoms with E-state index in [-0.39, 0.29) is 40.4 Å². The summed E-state index contributed by atoms with van der Waals surface area (Å²) < 4.78 is 0. The van der Waals surface area contributed by atoms with Crippen LogP contribution in [0.2, 0.25) is 0 Å². The second kappa shape index (κ2) is 16.4.